The number of hydrogen-bond donors (Lipinski definition) is 2. The van der Waals surface area contributed by atoms with E-state index in [2.05, 4.69) is 16.7 Å². The number of nitrogens with one attached hydrogen (secondary N) is 2. The second-order valence-corrected chi connectivity index (χ2v) is 6.90. The SMILES string of the molecule is CN(C(=O)NC1CC(Cc2ccc(F)cc2)CCN1)c1cccc(C#N)c1. The predicted octanol–water partition coefficient (Wildman–Crippen LogP) is 3.41. The number of amides is 2. The highest BCUT2D eigenvalue weighted by Crippen LogP contribution is 2.21. The summed E-state index contributed by atoms with van der Waals surface area (Å²) in [5.41, 5.74) is 2.30. The van der Waals surface area contributed by atoms with Crippen LogP contribution in [-0.4, -0.2) is 25.8 Å². The van der Waals surface area contributed by atoms with E-state index in [0.29, 0.717) is 17.2 Å². The third-order valence-corrected chi connectivity index (χ3v) is 4.91. The molecule has 2 aromatic rings. The first-order valence-corrected chi connectivity index (χ1v) is 9.07. The molecule has 2 unspecified atom stereocenters. The number of carbonyl (C=O) groups excluding carboxylic acids is 1. The summed E-state index contributed by atoms with van der Waals surface area (Å²) in [6, 6.07) is 15.4. The molecule has 140 valence electrons. The third-order valence-electron chi connectivity index (χ3n) is 4.91. The molecule has 1 fully saturated rings. The highest BCUT2D eigenvalue weighted by Gasteiger charge is 2.24. The molecular weight excluding hydrogens is 343 g/mol. The summed E-state index contributed by atoms with van der Waals surface area (Å²) in [6.07, 6.45) is 2.59. The highest BCUT2D eigenvalue weighted by atomic mass is 19.1. The molecule has 2 atom stereocenters. The maximum absolute atomic E-state index is 13.1. The van der Waals surface area contributed by atoms with Crippen LogP contribution in [0.3, 0.4) is 0 Å². The summed E-state index contributed by atoms with van der Waals surface area (Å²) >= 11 is 0. The van der Waals surface area contributed by atoms with Gasteiger partial charge in [-0.25, -0.2) is 9.18 Å². The predicted molar refractivity (Wildman–Crippen MR) is 103 cm³/mol. The second-order valence-electron chi connectivity index (χ2n) is 6.90. The number of halogens is 1. The van der Waals surface area contributed by atoms with Gasteiger partial charge in [-0.3, -0.25) is 10.2 Å². The van der Waals surface area contributed by atoms with Gasteiger partial charge in [0.1, 0.15) is 5.82 Å². The zero-order chi connectivity index (χ0) is 19.2. The quantitative estimate of drug-likeness (QED) is 0.871. The van der Waals surface area contributed by atoms with Crippen molar-refractivity contribution in [3.63, 3.8) is 0 Å². The number of urea groups is 1. The van der Waals surface area contributed by atoms with E-state index in [1.165, 1.54) is 17.0 Å². The Kier molecular flexibility index (Phi) is 6.05. The molecule has 6 heteroatoms. The van der Waals surface area contributed by atoms with E-state index >= 15 is 0 Å². The average molecular weight is 366 g/mol. The number of carbonyl (C=O) groups is 1. The fourth-order valence-electron chi connectivity index (χ4n) is 3.39. The molecule has 0 aromatic heterocycles. The molecule has 1 aliphatic heterocycles. The topological polar surface area (TPSA) is 68.2 Å². The molecule has 5 nitrogen and oxygen atoms in total. The largest absolute Gasteiger partial charge is 0.322 e. The van der Waals surface area contributed by atoms with Crippen molar-refractivity contribution in [2.24, 2.45) is 5.92 Å². The lowest BCUT2D eigenvalue weighted by atomic mass is 9.89. The Hall–Kier alpha value is -2.91. The van der Waals surface area contributed by atoms with Gasteiger partial charge in [-0.1, -0.05) is 18.2 Å². The zero-order valence-electron chi connectivity index (χ0n) is 15.3. The van der Waals surface area contributed by atoms with Gasteiger partial charge in [0.25, 0.3) is 0 Å². The molecule has 0 bridgehead atoms. The minimum Gasteiger partial charge on any atom is -0.322 e. The van der Waals surface area contributed by atoms with E-state index < -0.39 is 0 Å². The van der Waals surface area contributed by atoms with Crippen LogP contribution in [-0.2, 0) is 6.42 Å². The maximum Gasteiger partial charge on any atom is 0.322 e. The lowest BCUT2D eigenvalue weighted by molar-refractivity contribution is 0.226. The molecule has 2 amide bonds. The minimum absolute atomic E-state index is 0.113. The molecular formula is C21H23FN4O. The summed E-state index contributed by atoms with van der Waals surface area (Å²) in [5, 5.41) is 15.4. The normalized spacial score (nSPS) is 19.1. The smallest absolute Gasteiger partial charge is 0.322 e. The first kappa shape index (κ1) is 18.9. The van der Waals surface area contributed by atoms with Crippen LogP contribution >= 0.6 is 0 Å². The molecule has 2 N–H and O–H groups in total. The fourth-order valence-corrected chi connectivity index (χ4v) is 3.39. The average Bonchev–Trinajstić information content (AvgIpc) is 2.69. The molecule has 1 heterocycles. The summed E-state index contributed by atoms with van der Waals surface area (Å²) in [6.45, 7) is 0.824. The van der Waals surface area contributed by atoms with Gasteiger partial charge in [0.05, 0.1) is 17.8 Å². The Morgan fingerprint density at radius 3 is 2.85 bits per heavy atom. The third kappa shape index (κ3) is 5.05. The van der Waals surface area contributed by atoms with E-state index in [1.54, 1.807) is 31.3 Å². The van der Waals surface area contributed by atoms with Crippen LogP contribution in [0.4, 0.5) is 14.9 Å². The van der Waals surface area contributed by atoms with Crippen LogP contribution in [0, 0.1) is 23.1 Å². The van der Waals surface area contributed by atoms with Crippen molar-refractivity contribution in [3.05, 3.63) is 65.5 Å². The number of nitriles is 1. The van der Waals surface area contributed by atoms with Crippen molar-refractivity contribution < 1.29 is 9.18 Å². The van der Waals surface area contributed by atoms with Gasteiger partial charge >= 0.3 is 6.03 Å². The van der Waals surface area contributed by atoms with Gasteiger partial charge < -0.3 is 5.32 Å². The van der Waals surface area contributed by atoms with Crippen molar-refractivity contribution >= 4 is 11.7 Å². The maximum atomic E-state index is 13.1. The summed E-state index contributed by atoms with van der Waals surface area (Å²) in [4.78, 5) is 14.1. The van der Waals surface area contributed by atoms with E-state index in [1.807, 2.05) is 12.1 Å². The van der Waals surface area contributed by atoms with Gasteiger partial charge in [-0.05, 0) is 67.6 Å². The Balaban J connectivity index is 1.57. The monoisotopic (exact) mass is 366 g/mol. The molecule has 27 heavy (non-hydrogen) atoms. The summed E-state index contributed by atoms with van der Waals surface area (Å²) in [5.74, 6) is 0.201. The molecule has 0 spiro atoms. The number of hydrogen-bond acceptors (Lipinski definition) is 3. The van der Waals surface area contributed by atoms with Gasteiger partial charge in [-0.15, -0.1) is 0 Å². The first-order chi connectivity index (χ1) is 13.0. The van der Waals surface area contributed by atoms with Crippen molar-refractivity contribution in [2.45, 2.75) is 25.4 Å². The van der Waals surface area contributed by atoms with Crippen LogP contribution in [0.15, 0.2) is 48.5 Å². The van der Waals surface area contributed by atoms with E-state index in [-0.39, 0.29) is 18.0 Å². The van der Waals surface area contributed by atoms with E-state index in [4.69, 9.17) is 5.26 Å². The Bertz CT molecular complexity index is 831. The molecule has 3 rings (SSSR count). The minimum atomic E-state index is -0.224. The van der Waals surface area contributed by atoms with Crippen LogP contribution in [0.25, 0.3) is 0 Å². The van der Waals surface area contributed by atoms with Crippen molar-refractivity contribution in [1.29, 1.82) is 5.26 Å². The van der Waals surface area contributed by atoms with Crippen LogP contribution in [0.1, 0.15) is 24.0 Å². The Morgan fingerprint density at radius 2 is 2.11 bits per heavy atom. The van der Waals surface area contributed by atoms with E-state index in [0.717, 1.165) is 31.4 Å². The highest BCUT2D eigenvalue weighted by molar-refractivity contribution is 5.91. The van der Waals surface area contributed by atoms with Gasteiger partial charge in [0.2, 0.25) is 0 Å². The Morgan fingerprint density at radius 1 is 1.33 bits per heavy atom. The molecule has 0 radical (unpaired) electrons. The number of rotatable bonds is 4. The zero-order valence-corrected chi connectivity index (χ0v) is 15.3. The van der Waals surface area contributed by atoms with Crippen LogP contribution in [0.5, 0.6) is 0 Å². The van der Waals surface area contributed by atoms with Gasteiger partial charge in [-0.2, -0.15) is 5.26 Å². The van der Waals surface area contributed by atoms with Crippen LogP contribution < -0.4 is 15.5 Å². The van der Waals surface area contributed by atoms with Gasteiger partial charge in [0, 0.05) is 12.7 Å². The standard InChI is InChI=1S/C21H23FN4O/c1-26(19-4-2-3-17(12-19)14-23)21(27)25-20-13-16(9-10-24-20)11-15-5-7-18(22)8-6-15/h2-8,12,16,20,24H,9-11,13H2,1H3,(H,25,27). The second kappa shape index (κ2) is 8.65. The number of anilines is 1. The molecule has 0 saturated carbocycles. The van der Waals surface area contributed by atoms with Gasteiger partial charge in [0.15, 0.2) is 0 Å². The van der Waals surface area contributed by atoms with Crippen molar-refractivity contribution in [3.8, 4) is 6.07 Å². The molecule has 2 aromatic carbocycles. The summed E-state index contributed by atoms with van der Waals surface area (Å²) < 4.78 is 13.1. The molecule has 1 saturated heterocycles. The number of nitrogens with zero attached hydrogens (tertiary/aromatic N) is 2. The lowest BCUT2D eigenvalue weighted by Crippen LogP contribution is -2.53. The van der Waals surface area contributed by atoms with Crippen molar-refractivity contribution in [1.82, 2.24) is 10.6 Å². The first-order valence-electron chi connectivity index (χ1n) is 9.07. The molecule has 1 aliphatic rings. The van der Waals surface area contributed by atoms with Crippen molar-refractivity contribution in [2.75, 3.05) is 18.5 Å². The van der Waals surface area contributed by atoms with Crippen LogP contribution in [0.2, 0.25) is 0 Å². The molecule has 0 aliphatic carbocycles. The lowest BCUT2D eigenvalue weighted by Gasteiger charge is -2.32. The number of piperidine rings is 1. The summed E-state index contributed by atoms with van der Waals surface area (Å²) in [7, 11) is 1.69. The number of benzene rings is 2. The Labute approximate surface area is 158 Å². The van der Waals surface area contributed by atoms with E-state index in [9.17, 15) is 9.18 Å². The fraction of sp³-hybridized carbons (Fsp3) is 0.333.